The summed E-state index contributed by atoms with van der Waals surface area (Å²) in [5.41, 5.74) is 1.20. The molecule has 4 nitrogen and oxygen atoms in total. The Morgan fingerprint density at radius 2 is 2.17 bits per heavy atom. The lowest BCUT2D eigenvalue weighted by Gasteiger charge is -2.04. The number of halogens is 1. The van der Waals surface area contributed by atoms with Gasteiger partial charge < -0.3 is 10.4 Å². The van der Waals surface area contributed by atoms with Crippen LogP contribution in [0.5, 0.6) is 0 Å². The van der Waals surface area contributed by atoms with Crippen molar-refractivity contribution in [3.05, 3.63) is 40.2 Å². The third-order valence-corrected chi connectivity index (χ3v) is 3.25. The zero-order chi connectivity index (χ0) is 13.3. The maximum atomic E-state index is 13.5. The molecule has 2 rings (SSSR count). The molecule has 18 heavy (non-hydrogen) atoms. The second kappa shape index (κ2) is 4.73. The number of aryl methyl sites for hydroxylation is 2. The van der Waals surface area contributed by atoms with Crippen molar-refractivity contribution < 1.29 is 14.3 Å². The van der Waals surface area contributed by atoms with Crippen LogP contribution in [-0.2, 0) is 0 Å². The number of carboxylic acids is 1. The first-order chi connectivity index (χ1) is 8.47. The maximum absolute atomic E-state index is 13.5. The lowest BCUT2D eigenvalue weighted by Crippen LogP contribution is -1.99. The quantitative estimate of drug-likeness (QED) is 0.894. The molecule has 0 saturated carbocycles. The van der Waals surface area contributed by atoms with Crippen LogP contribution in [0.3, 0.4) is 0 Å². The number of hydrogen-bond acceptors (Lipinski definition) is 4. The molecule has 0 radical (unpaired) electrons. The first kappa shape index (κ1) is 12.5. The fourth-order valence-corrected chi connectivity index (χ4v) is 2.32. The molecule has 2 N–H and O–H groups in total. The molecule has 94 valence electrons. The van der Waals surface area contributed by atoms with E-state index < -0.39 is 11.8 Å². The number of nitrogens with one attached hydrogen (secondary N) is 1. The highest BCUT2D eigenvalue weighted by Gasteiger charge is 2.14. The molecule has 2 aromatic rings. The number of aromatic carboxylic acids is 1. The summed E-state index contributed by atoms with van der Waals surface area (Å²) in [7, 11) is 0. The number of carboxylic acid groups (broad SMARTS) is 1. The van der Waals surface area contributed by atoms with Crippen LogP contribution in [-0.4, -0.2) is 16.1 Å². The molecule has 0 bridgehead atoms. The van der Waals surface area contributed by atoms with Crippen molar-refractivity contribution in [1.29, 1.82) is 0 Å². The van der Waals surface area contributed by atoms with Gasteiger partial charge in [0.2, 0.25) is 0 Å². The van der Waals surface area contributed by atoms with Gasteiger partial charge in [-0.05, 0) is 31.5 Å². The predicted octanol–water partition coefficient (Wildman–Crippen LogP) is 3.34. The fourth-order valence-electron chi connectivity index (χ4n) is 1.50. The molecule has 1 aromatic heterocycles. The van der Waals surface area contributed by atoms with Crippen LogP contribution < -0.4 is 5.32 Å². The van der Waals surface area contributed by atoms with E-state index in [0.29, 0.717) is 15.7 Å². The highest BCUT2D eigenvalue weighted by atomic mass is 32.1. The van der Waals surface area contributed by atoms with Gasteiger partial charge in [0.15, 0.2) is 10.8 Å². The van der Waals surface area contributed by atoms with E-state index in [1.165, 1.54) is 17.4 Å². The third kappa shape index (κ3) is 2.48. The molecule has 0 saturated heterocycles. The number of thiazole rings is 1. The zero-order valence-electron chi connectivity index (χ0n) is 9.82. The number of nitrogens with zero attached hydrogens (tertiary/aromatic N) is 1. The molecule has 0 aliphatic rings. The Balaban J connectivity index is 2.31. The van der Waals surface area contributed by atoms with Gasteiger partial charge in [-0.25, -0.2) is 14.2 Å². The Kier molecular flexibility index (Phi) is 3.29. The van der Waals surface area contributed by atoms with E-state index in [0.717, 1.165) is 5.56 Å². The van der Waals surface area contributed by atoms with Crippen LogP contribution in [0.1, 0.15) is 20.9 Å². The van der Waals surface area contributed by atoms with E-state index in [1.54, 1.807) is 19.1 Å². The third-order valence-electron chi connectivity index (χ3n) is 2.36. The average molecular weight is 266 g/mol. The van der Waals surface area contributed by atoms with Crippen molar-refractivity contribution >= 4 is 28.1 Å². The predicted molar refractivity (Wildman–Crippen MR) is 68.2 cm³/mol. The van der Waals surface area contributed by atoms with E-state index >= 15 is 0 Å². The van der Waals surface area contributed by atoms with E-state index in [2.05, 4.69) is 10.3 Å². The largest absolute Gasteiger partial charge is 0.476 e. The Morgan fingerprint density at radius 1 is 1.44 bits per heavy atom. The van der Waals surface area contributed by atoms with Gasteiger partial charge in [-0.3, -0.25) is 0 Å². The standard InChI is InChI=1S/C12H11FN2O2S/c1-6-3-4-8(13)9(5-6)14-12-15-10(11(16)17)7(2)18-12/h3-5H,1-2H3,(H,14,15)(H,16,17). The minimum atomic E-state index is -1.08. The Bertz CT molecular complexity index is 610. The summed E-state index contributed by atoms with van der Waals surface area (Å²) < 4.78 is 13.5. The molecule has 0 amide bonds. The number of hydrogen-bond donors (Lipinski definition) is 2. The highest BCUT2D eigenvalue weighted by Crippen LogP contribution is 2.27. The van der Waals surface area contributed by atoms with Gasteiger partial charge >= 0.3 is 5.97 Å². The topological polar surface area (TPSA) is 62.2 Å². The summed E-state index contributed by atoms with van der Waals surface area (Å²) in [6.07, 6.45) is 0. The first-order valence-electron chi connectivity index (χ1n) is 5.21. The molecule has 0 spiro atoms. The van der Waals surface area contributed by atoms with E-state index in [4.69, 9.17) is 5.11 Å². The van der Waals surface area contributed by atoms with E-state index in [1.807, 2.05) is 6.92 Å². The molecule has 6 heteroatoms. The zero-order valence-corrected chi connectivity index (χ0v) is 10.6. The summed E-state index contributed by atoms with van der Waals surface area (Å²) in [6.45, 7) is 3.51. The smallest absolute Gasteiger partial charge is 0.355 e. The maximum Gasteiger partial charge on any atom is 0.355 e. The number of carbonyl (C=O) groups is 1. The number of rotatable bonds is 3. The number of aromatic nitrogens is 1. The van der Waals surface area contributed by atoms with Crippen molar-refractivity contribution in [2.45, 2.75) is 13.8 Å². The first-order valence-corrected chi connectivity index (χ1v) is 6.03. The molecular formula is C12H11FN2O2S. The number of anilines is 2. The summed E-state index contributed by atoms with van der Waals surface area (Å²) in [5, 5.41) is 12.1. The van der Waals surface area contributed by atoms with Crippen LogP contribution in [0.15, 0.2) is 18.2 Å². The van der Waals surface area contributed by atoms with Crippen molar-refractivity contribution in [3.63, 3.8) is 0 Å². The monoisotopic (exact) mass is 266 g/mol. The molecular weight excluding hydrogens is 255 g/mol. The van der Waals surface area contributed by atoms with Gasteiger partial charge in [0.05, 0.1) is 5.69 Å². The molecule has 0 fully saturated rings. The minimum absolute atomic E-state index is 0.00411. The van der Waals surface area contributed by atoms with E-state index in [-0.39, 0.29) is 5.69 Å². The summed E-state index contributed by atoms with van der Waals surface area (Å²) in [6, 6.07) is 4.67. The Hall–Kier alpha value is -1.95. The van der Waals surface area contributed by atoms with Crippen molar-refractivity contribution in [2.24, 2.45) is 0 Å². The van der Waals surface area contributed by atoms with Gasteiger partial charge in [-0.2, -0.15) is 0 Å². The fraction of sp³-hybridized carbons (Fsp3) is 0.167. The van der Waals surface area contributed by atoms with Gasteiger partial charge in [0.1, 0.15) is 5.82 Å². The molecule has 1 aromatic carbocycles. The van der Waals surface area contributed by atoms with Gasteiger partial charge in [-0.1, -0.05) is 6.07 Å². The SMILES string of the molecule is Cc1ccc(F)c(Nc2nc(C(=O)O)c(C)s2)c1. The molecule has 0 unspecified atom stereocenters. The van der Waals surface area contributed by atoms with Crippen molar-refractivity contribution in [3.8, 4) is 0 Å². The van der Waals surface area contributed by atoms with Crippen LogP contribution in [0.4, 0.5) is 15.2 Å². The summed E-state index contributed by atoms with van der Waals surface area (Å²) >= 11 is 1.18. The molecule has 0 aliphatic carbocycles. The lowest BCUT2D eigenvalue weighted by atomic mass is 10.2. The Labute approximate surface area is 107 Å². The second-order valence-electron chi connectivity index (χ2n) is 3.84. The van der Waals surface area contributed by atoms with Crippen LogP contribution >= 0.6 is 11.3 Å². The van der Waals surface area contributed by atoms with Gasteiger partial charge in [0.25, 0.3) is 0 Å². The average Bonchev–Trinajstić information content (AvgIpc) is 2.65. The summed E-state index contributed by atoms with van der Waals surface area (Å²) in [5.74, 6) is -1.48. The second-order valence-corrected chi connectivity index (χ2v) is 5.04. The lowest BCUT2D eigenvalue weighted by molar-refractivity contribution is 0.0690. The highest BCUT2D eigenvalue weighted by molar-refractivity contribution is 7.15. The van der Waals surface area contributed by atoms with E-state index in [9.17, 15) is 9.18 Å². The minimum Gasteiger partial charge on any atom is -0.476 e. The summed E-state index contributed by atoms with van der Waals surface area (Å²) in [4.78, 5) is 15.3. The molecule has 0 atom stereocenters. The van der Waals surface area contributed by atoms with Gasteiger partial charge in [-0.15, -0.1) is 11.3 Å². The molecule has 1 heterocycles. The van der Waals surface area contributed by atoms with Crippen LogP contribution in [0.25, 0.3) is 0 Å². The van der Waals surface area contributed by atoms with Crippen molar-refractivity contribution in [1.82, 2.24) is 4.98 Å². The van der Waals surface area contributed by atoms with Crippen molar-refractivity contribution in [2.75, 3.05) is 5.32 Å². The van der Waals surface area contributed by atoms with Gasteiger partial charge in [0, 0.05) is 4.88 Å². The van der Waals surface area contributed by atoms with Crippen LogP contribution in [0, 0.1) is 19.7 Å². The normalized spacial score (nSPS) is 10.4. The number of benzene rings is 1. The molecule has 0 aliphatic heterocycles. The Morgan fingerprint density at radius 3 is 2.78 bits per heavy atom. The van der Waals surface area contributed by atoms with Crippen LogP contribution in [0.2, 0.25) is 0 Å².